The molecular formula is C22H21ClN2OS. The highest BCUT2D eigenvalue weighted by molar-refractivity contribution is 7.13. The van der Waals surface area contributed by atoms with Gasteiger partial charge >= 0.3 is 0 Å². The summed E-state index contributed by atoms with van der Waals surface area (Å²) in [5.74, 6) is 1.91. The zero-order valence-corrected chi connectivity index (χ0v) is 17.0. The zero-order chi connectivity index (χ0) is 18.8. The van der Waals surface area contributed by atoms with Crippen LogP contribution in [0.25, 0.3) is 21.7 Å². The number of aryl methyl sites for hydroxylation is 3. The minimum Gasteiger partial charge on any atom is -0.494 e. The van der Waals surface area contributed by atoms with Gasteiger partial charge in [0, 0.05) is 11.6 Å². The predicted octanol–water partition coefficient (Wildman–Crippen LogP) is 6.50. The fourth-order valence-electron chi connectivity index (χ4n) is 3.30. The number of aromatic nitrogens is 2. The van der Waals surface area contributed by atoms with Crippen molar-refractivity contribution in [3.8, 4) is 16.5 Å². The molecule has 0 unspecified atom stereocenters. The third-order valence-corrected chi connectivity index (χ3v) is 6.06. The summed E-state index contributed by atoms with van der Waals surface area (Å²) in [6.45, 7) is 5.52. The molecule has 138 valence electrons. The van der Waals surface area contributed by atoms with Crippen molar-refractivity contribution in [1.82, 2.24) is 9.55 Å². The summed E-state index contributed by atoms with van der Waals surface area (Å²) in [4.78, 5) is 6.03. The van der Waals surface area contributed by atoms with Crippen molar-refractivity contribution in [3.63, 3.8) is 0 Å². The monoisotopic (exact) mass is 396 g/mol. The molecule has 0 amide bonds. The van der Waals surface area contributed by atoms with E-state index in [2.05, 4.69) is 40.3 Å². The maximum atomic E-state index is 6.24. The van der Waals surface area contributed by atoms with Crippen LogP contribution in [0.5, 0.6) is 5.75 Å². The second-order valence-corrected chi connectivity index (χ2v) is 7.95. The number of hydrogen-bond acceptors (Lipinski definition) is 3. The molecule has 0 aliphatic rings. The van der Waals surface area contributed by atoms with Crippen LogP contribution < -0.4 is 4.74 Å². The van der Waals surface area contributed by atoms with Crippen LogP contribution in [-0.4, -0.2) is 16.2 Å². The Morgan fingerprint density at radius 1 is 1.07 bits per heavy atom. The Hall–Kier alpha value is -2.30. The number of fused-ring (bicyclic) bond motifs is 1. The number of hydrogen-bond donors (Lipinski definition) is 0. The highest BCUT2D eigenvalue weighted by Gasteiger charge is 2.13. The summed E-state index contributed by atoms with van der Waals surface area (Å²) in [5.41, 5.74) is 4.30. The molecule has 0 aliphatic carbocycles. The lowest BCUT2D eigenvalue weighted by Gasteiger charge is -2.11. The van der Waals surface area contributed by atoms with Crippen LogP contribution in [0.15, 0.2) is 53.9 Å². The predicted molar refractivity (Wildman–Crippen MR) is 114 cm³/mol. The van der Waals surface area contributed by atoms with Crippen molar-refractivity contribution in [2.75, 3.05) is 6.61 Å². The molecule has 0 N–H and O–H groups in total. The van der Waals surface area contributed by atoms with Crippen LogP contribution in [0.1, 0.15) is 17.5 Å². The lowest BCUT2D eigenvalue weighted by molar-refractivity contribution is 0.302. The first-order valence-corrected chi connectivity index (χ1v) is 10.3. The first-order valence-electron chi connectivity index (χ1n) is 9.02. The number of rotatable bonds is 6. The van der Waals surface area contributed by atoms with Crippen molar-refractivity contribution in [2.24, 2.45) is 0 Å². The number of halogens is 1. The van der Waals surface area contributed by atoms with Gasteiger partial charge in [-0.3, -0.25) is 0 Å². The van der Waals surface area contributed by atoms with Gasteiger partial charge < -0.3 is 9.30 Å². The molecule has 0 saturated carbocycles. The van der Waals surface area contributed by atoms with Crippen molar-refractivity contribution in [2.45, 2.75) is 26.8 Å². The molecule has 0 bridgehead atoms. The first kappa shape index (κ1) is 18.1. The van der Waals surface area contributed by atoms with Gasteiger partial charge in [0.25, 0.3) is 0 Å². The van der Waals surface area contributed by atoms with Crippen molar-refractivity contribution in [3.05, 3.63) is 70.1 Å². The standard InChI is InChI=1S/C22H21ClN2OS/c1-15-13-17(14-16(2)21(15)23)26-11-6-10-25-19-8-4-3-7-18(19)24-22(25)20-9-5-12-27-20/h3-5,7-9,12-14H,6,10-11H2,1-2H3. The van der Waals surface area contributed by atoms with Crippen molar-refractivity contribution >= 4 is 34.0 Å². The van der Waals surface area contributed by atoms with Gasteiger partial charge in [-0.15, -0.1) is 11.3 Å². The Morgan fingerprint density at radius 2 is 1.85 bits per heavy atom. The van der Waals surface area contributed by atoms with Crippen molar-refractivity contribution < 1.29 is 4.74 Å². The molecule has 0 radical (unpaired) electrons. The Balaban J connectivity index is 1.50. The summed E-state index contributed by atoms with van der Waals surface area (Å²) < 4.78 is 8.27. The lowest BCUT2D eigenvalue weighted by Crippen LogP contribution is -2.06. The van der Waals surface area contributed by atoms with E-state index >= 15 is 0 Å². The molecule has 2 aromatic carbocycles. The number of para-hydroxylation sites is 2. The summed E-state index contributed by atoms with van der Waals surface area (Å²) in [6.07, 6.45) is 0.902. The zero-order valence-electron chi connectivity index (χ0n) is 15.4. The van der Waals surface area contributed by atoms with Gasteiger partial charge in [0.2, 0.25) is 0 Å². The van der Waals surface area contributed by atoms with E-state index in [9.17, 15) is 0 Å². The van der Waals surface area contributed by atoms with E-state index in [1.54, 1.807) is 11.3 Å². The molecule has 2 aromatic heterocycles. The van der Waals surface area contributed by atoms with Gasteiger partial charge in [0.1, 0.15) is 5.75 Å². The van der Waals surface area contributed by atoms with E-state index in [4.69, 9.17) is 21.3 Å². The van der Waals surface area contributed by atoms with E-state index in [0.29, 0.717) is 6.61 Å². The Morgan fingerprint density at radius 3 is 2.59 bits per heavy atom. The first-order chi connectivity index (χ1) is 13.1. The number of imidazole rings is 1. The minimum atomic E-state index is 0.650. The molecule has 2 heterocycles. The fourth-order valence-corrected chi connectivity index (χ4v) is 4.13. The van der Waals surface area contributed by atoms with E-state index < -0.39 is 0 Å². The fraction of sp³-hybridized carbons (Fsp3) is 0.227. The molecule has 3 nitrogen and oxygen atoms in total. The molecule has 0 spiro atoms. The molecule has 4 aromatic rings. The van der Waals surface area contributed by atoms with Crippen LogP contribution in [0.3, 0.4) is 0 Å². The highest BCUT2D eigenvalue weighted by atomic mass is 35.5. The number of thiophene rings is 1. The van der Waals surface area contributed by atoms with Crippen molar-refractivity contribution in [1.29, 1.82) is 0 Å². The average Bonchev–Trinajstić information content (AvgIpc) is 3.31. The van der Waals surface area contributed by atoms with Gasteiger partial charge in [-0.2, -0.15) is 0 Å². The van der Waals surface area contributed by atoms with Crippen LogP contribution in [0.4, 0.5) is 0 Å². The van der Waals surface area contributed by atoms with Crippen LogP contribution in [0.2, 0.25) is 5.02 Å². The molecule has 0 saturated heterocycles. The van der Waals surface area contributed by atoms with E-state index in [0.717, 1.165) is 46.2 Å². The quantitative estimate of drug-likeness (QED) is 0.347. The Bertz CT molecular complexity index is 1050. The largest absolute Gasteiger partial charge is 0.494 e. The molecule has 0 aliphatic heterocycles. The molecule has 5 heteroatoms. The summed E-state index contributed by atoms with van der Waals surface area (Å²) in [6, 6.07) is 16.5. The average molecular weight is 397 g/mol. The second-order valence-electron chi connectivity index (χ2n) is 6.63. The minimum absolute atomic E-state index is 0.650. The number of ether oxygens (including phenoxy) is 1. The Labute approximate surface area is 168 Å². The maximum absolute atomic E-state index is 6.24. The van der Waals surface area contributed by atoms with Gasteiger partial charge in [0.15, 0.2) is 5.82 Å². The van der Waals surface area contributed by atoms with E-state index in [1.807, 2.05) is 32.0 Å². The molecule has 0 atom stereocenters. The third kappa shape index (κ3) is 3.73. The van der Waals surface area contributed by atoms with E-state index in [-0.39, 0.29) is 0 Å². The van der Waals surface area contributed by atoms with Gasteiger partial charge in [0.05, 0.1) is 22.5 Å². The SMILES string of the molecule is Cc1cc(OCCCn2c(-c3cccs3)nc3ccccc32)cc(C)c1Cl. The van der Waals surface area contributed by atoms with Crippen LogP contribution >= 0.6 is 22.9 Å². The van der Waals surface area contributed by atoms with Crippen LogP contribution in [-0.2, 0) is 6.54 Å². The van der Waals surface area contributed by atoms with Crippen LogP contribution in [0, 0.1) is 13.8 Å². The molecule has 0 fully saturated rings. The number of nitrogens with zero attached hydrogens (tertiary/aromatic N) is 2. The third-order valence-electron chi connectivity index (χ3n) is 4.60. The highest BCUT2D eigenvalue weighted by Crippen LogP contribution is 2.29. The molecule has 4 rings (SSSR count). The smallest absolute Gasteiger partial charge is 0.151 e. The lowest BCUT2D eigenvalue weighted by atomic mass is 10.1. The summed E-state index contributed by atoms with van der Waals surface area (Å²) >= 11 is 7.95. The normalized spacial score (nSPS) is 11.2. The van der Waals surface area contributed by atoms with Gasteiger partial charge in [-0.05, 0) is 67.1 Å². The van der Waals surface area contributed by atoms with Gasteiger partial charge in [-0.1, -0.05) is 29.8 Å². The maximum Gasteiger partial charge on any atom is 0.151 e. The number of benzene rings is 2. The van der Waals surface area contributed by atoms with Gasteiger partial charge in [-0.25, -0.2) is 4.98 Å². The summed E-state index contributed by atoms with van der Waals surface area (Å²) in [7, 11) is 0. The Kier molecular flexibility index (Phi) is 5.19. The molecule has 27 heavy (non-hydrogen) atoms. The summed E-state index contributed by atoms with van der Waals surface area (Å²) in [5, 5.41) is 2.90. The topological polar surface area (TPSA) is 27.1 Å². The molecular weight excluding hydrogens is 376 g/mol. The second kappa shape index (κ2) is 7.75. The van der Waals surface area contributed by atoms with E-state index in [1.165, 1.54) is 10.4 Å².